The van der Waals surface area contributed by atoms with Gasteiger partial charge < -0.3 is 15.5 Å². The number of amides is 2. The summed E-state index contributed by atoms with van der Waals surface area (Å²) in [6, 6.07) is 18.3. The molecule has 0 bridgehead atoms. The molecule has 2 rings (SSSR count). The molecule has 27 heavy (non-hydrogen) atoms. The third-order valence-corrected chi connectivity index (χ3v) is 4.37. The number of nitrogens with zero attached hydrogens (tertiary/aromatic N) is 1. The zero-order valence-corrected chi connectivity index (χ0v) is 17.3. The van der Waals surface area contributed by atoms with Crippen molar-refractivity contribution in [2.45, 2.75) is 46.3 Å². The molecule has 0 spiro atoms. The van der Waals surface area contributed by atoms with Crippen LogP contribution < -0.4 is 10.6 Å². The first kappa shape index (κ1) is 21.0. The number of rotatable bonds is 7. The van der Waals surface area contributed by atoms with Crippen molar-refractivity contribution in [1.29, 1.82) is 0 Å². The summed E-state index contributed by atoms with van der Waals surface area (Å²) < 4.78 is 0. The van der Waals surface area contributed by atoms with E-state index in [0.29, 0.717) is 6.54 Å². The molecule has 0 aliphatic heterocycles. The van der Waals surface area contributed by atoms with Crippen LogP contribution in [0.4, 0.5) is 4.79 Å². The van der Waals surface area contributed by atoms with E-state index < -0.39 is 0 Å². The zero-order chi connectivity index (χ0) is 19.9. The molecule has 2 aromatic carbocycles. The summed E-state index contributed by atoms with van der Waals surface area (Å²) in [6.07, 6.45) is 0.877. The Bertz CT molecular complexity index is 720. The van der Waals surface area contributed by atoms with Gasteiger partial charge in [0, 0.05) is 13.1 Å². The van der Waals surface area contributed by atoms with Crippen molar-refractivity contribution in [3.63, 3.8) is 0 Å². The lowest BCUT2D eigenvalue weighted by molar-refractivity contribution is 0.230. The Morgan fingerprint density at radius 3 is 2.15 bits per heavy atom. The highest BCUT2D eigenvalue weighted by atomic mass is 16.2. The lowest BCUT2D eigenvalue weighted by Crippen LogP contribution is -2.39. The lowest BCUT2D eigenvalue weighted by atomic mass is 9.85. The molecule has 0 aromatic heterocycles. The van der Waals surface area contributed by atoms with E-state index in [2.05, 4.69) is 60.6 Å². The molecular weight excluding hydrogens is 334 g/mol. The number of carbonyl (C=O) groups excluding carboxylic acids is 1. The molecule has 4 nitrogen and oxygen atoms in total. The van der Waals surface area contributed by atoms with Crippen LogP contribution in [0, 0.1) is 5.41 Å². The molecule has 2 amide bonds. The Labute approximate surface area is 164 Å². The highest BCUT2D eigenvalue weighted by Gasteiger charge is 2.21. The second kappa shape index (κ2) is 9.56. The molecule has 0 radical (unpaired) electrons. The average molecular weight is 368 g/mol. The number of hydrogen-bond acceptors (Lipinski definition) is 2. The molecule has 0 saturated carbocycles. The number of carbonyl (C=O) groups is 1. The van der Waals surface area contributed by atoms with Gasteiger partial charge >= 0.3 is 6.03 Å². The van der Waals surface area contributed by atoms with Crippen LogP contribution in [0.15, 0.2) is 54.6 Å². The van der Waals surface area contributed by atoms with E-state index in [-0.39, 0.29) is 17.5 Å². The Morgan fingerprint density at radius 1 is 0.963 bits per heavy atom. The Balaban J connectivity index is 2.02. The van der Waals surface area contributed by atoms with Gasteiger partial charge in [-0.15, -0.1) is 0 Å². The smallest absolute Gasteiger partial charge is 0.315 e. The fourth-order valence-corrected chi connectivity index (χ4v) is 3.16. The number of nitrogens with one attached hydrogen (secondary N) is 2. The van der Waals surface area contributed by atoms with Crippen LogP contribution in [0.1, 0.15) is 49.9 Å². The fraction of sp³-hybridized carbons (Fsp3) is 0.435. The van der Waals surface area contributed by atoms with Crippen molar-refractivity contribution >= 4 is 6.03 Å². The summed E-state index contributed by atoms with van der Waals surface area (Å²) >= 11 is 0. The third-order valence-electron chi connectivity index (χ3n) is 4.37. The molecule has 2 N–H and O–H groups in total. The van der Waals surface area contributed by atoms with Crippen LogP contribution in [-0.4, -0.2) is 25.0 Å². The summed E-state index contributed by atoms with van der Waals surface area (Å²) in [4.78, 5) is 14.7. The Kier molecular flexibility index (Phi) is 7.43. The van der Waals surface area contributed by atoms with Crippen molar-refractivity contribution in [3.8, 4) is 0 Å². The van der Waals surface area contributed by atoms with Gasteiger partial charge in [0.05, 0.1) is 6.04 Å². The van der Waals surface area contributed by atoms with Crippen molar-refractivity contribution in [2.24, 2.45) is 5.41 Å². The van der Waals surface area contributed by atoms with Gasteiger partial charge in [-0.1, -0.05) is 75.4 Å². The predicted octanol–water partition coefficient (Wildman–Crippen LogP) is 4.72. The average Bonchev–Trinajstić information content (AvgIpc) is 2.59. The van der Waals surface area contributed by atoms with Gasteiger partial charge in [0.2, 0.25) is 0 Å². The molecule has 0 fully saturated rings. The summed E-state index contributed by atoms with van der Waals surface area (Å²) in [5.41, 5.74) is 3.63. The number of hydrogen-bond donors (Lipinski definition) is 2. The first-order chi connectivity index (χ1) is 12.7. The van der Waals surface area contributed by atoms with Crippen LogP contribution in [0.3, 0.4) is 0 Å². The molecule has 1 atom stereocenters. The van der Waals surface area contributed by atoms with Crippen LogP contribution in [0.2, 0.25) is 0 Å². The quantitative estimate of drug-likeness (QED) is 0.743. The molecule has 1 unspecified atom stereocenters. The molecule has 0 saturated heterocycles. The van der Waals surface area contributed by atoms with Gasteiger partial charge in [-0.25, -0.2) is 4.79 Å². The molecular formula is C23H33N3O. The van der Waals surface area contributed by atoms with Crippen LogP contribution in [-0.2, 0) is 13.1 Å². The maximum absolute atomic E-state index is 12.6. The molecule has 4 heteroatoms. The minimum Gasteiger partial charge on any atom is -0.334 e. The zero-order valence-electron chi connectivity index (χ0n) is 17.3. The molecule has 0 heterocycles. The largest absolute Gasteiger partial charge is 0.334 e. The van der Waals surface area contributed by atoms with Crippen LogP contribution >= 0.6 is 0 Å². The van der Waals surface area contributed by atoms with E-state index in [1.54, 1.807) is 0 Å². The number of benzene rings is 2. The highest BCUT2D eigenvalue weighted by molar-refractivity contribution is 5.74. The van der Waals surface area contributed by atoms with Gasteiger partial charge in [0.25, 0.3) is 0 Å². The Morgan fingerprint density at radius 2 is 1.56 bits per heavy atom. The van der Waals surface area contributed by atoms with Gasteiger partial charge in [0.1, 0.15) is 0 Å². The second-order valence-corrected chi connectivity index (χ2v) is 8.56. The molecule has 2 aromatic rings. The van der Waals surface area contributed by atoms with Crippen LogP contribution in [0.25, 0.3) is 0 Å². The van der Waals surface area contributed by atoms with Gasteiger partial charge in [-0.05, 0) is 42.6 Å². The maximum atomic E-state index is 12.6. The summed E-state index contributed by atoms with van der Waals surface area (Å²) in [5, 5.41) is 6.19. The summed E-state index contributed by atoms with van der Waals surface area (Å²) in [6.45, 7) is 7.96. The minimum atomic E-state index is -0.132. The lowest BCUT2D eigenvalue weighted by Gasteiger charge is -2.27. The normalized spacial score (nSPS) is 12.7. The van der Waals surface area contributed by atoms with E-state index in [1.165, 1.54) is 5.56 Å². The Hall–Kier alpha value is -2.33. The van der Waals surface area contributed by atoms with Crippen molar-refractivity contribution in [1.82, 2.24) is 15.5 Å². The van der Waals surface area contributed by atoms with Crippen molar-refractivity contribution < 1.29 is 4.79 Å². The first-order valence-electron chi connectivity index (χ1n) is 9.55. The fourth-order valence-electron chi connectivity index (χ4n) is 3.16. The first-order valence-corrected chi connectivity index (χ1v) is 9.55. The van der Waals surface area contributed by atoms with E-state index in [4.69, 9.17) is 0 Å². The van der Waals surface area contributed by atoms with E-state index in [9.17, 15) is 4.79 Å². The second-order valence-electron chi connectivity index (χ2n) is 8.56. The van der Waals surface area contributed by atoms with Crippen LogP contribution in [0.5, 0.6) is 0 Å². The standard InChI is InChI=1S/C23H33N3O/c1-23(2,3)15-21(18-11-7-6-8-12-18)25-22(27)24-16-19-13-9-10-14-20(19)17-26(4)5/h6-14,21H,15-17H2,1-5H3,(H2,24,25,27). The summed E-state index contributed by atoms with van der Waals surface area (Å²) in [5.74, 6) is 0. The highest BCUT2D eigenvalue weighted by Crippen LogP contribution is 2.29. The number of urea groups is 1. The minimum absolute atomic E-state index is 0.0109. The summed E-state index contributed by atoms with van der Waals surface area (Å²) in [7, 11) is 4.10. The van der Waals surface area contributed by atoms with Gasteiger partial charge in [-0.2, -0.15) is 0 Å². The topological polar surface area (TPSA) is 44.4 Å². The van der Waals surface area contributed by atoms with E-state index in [0.717, 1.165) is 24.1 Å². The molecule has 0 aliphatic rings. The van der Waals surface area contributed by atoms with E-state index in [1.807, 2.05) is 44.4 Å². The molecule has 0 aliphatic carbocycles. The predicted molar refractivity (Wildman–Crippen MR) is 112 cm³/mol. The molecule has 146 valence electrons. The third kappa shape index (κ3) is 7.43. The van der Waals surface area contributed by atoms with Crippen molar-refractivity contribution in [3.05, 3.63) is 71.3 Å². The SMILES string of the molecule is CN(C)Cc1ccccc1CNC(=O)NC(CC(C)(C)C)c1ccccc1. The van der Waals surface area contributed by atoms with Crippen molar-refractivity contribution in [2.75, 3.05) is 14.1 Å². The maximum Gasteiger partial charge on any atom is 0.315 e. The van der Waals surface area contributed by atoms with E-state index >= 15 is 0 Å². The van der Waals surface area contributed by atoms with Gasteiger partial charge in [-0.3, -0.25) is 0 Å². The van der Waals surface area contributed by atoms with Gasteiger partial charge in [0.15, 0.2) is 0 Å². The monoisotopic (exact) mass is 367 g/mol.